The van der Waals surface area contributed by atoms with E-state index < -0.39 is 15.4 Å². The van der Waals surface area contributed by atoms with Crippen LogP contribution >= 0.6 is 23.2 Å². The average Bonchev–Trinajstić information content (AvgIpc) is 2.71. The Balaban J connectivity index is 2.16. The van der Waals surface area contributed by atoms with Crippen LogP contribution in [0.3, 0.4) is 0 Å². The predicted molar refractivity (Wildman–Crippen MR) is 73.1 cm³/mol. The third-order valence-electron chi connectivity index (χ3n) is 3.11. The molecule has 1 aromatic carbocycles. The smallest absolute Gasteiger partial charge is 0.269 e. The minimum Gasteiger partial charge on any atom is -0.381 e. The van der Waals surface area contributed by atoms with Gasteiger partial charge < -0.3 is 5.32 Å². The Morgan fingerprint density at radius 3 is 2.56 bits per heavy atom. The quantitative estimate of drug-likeness (QED) is 0.841. The van der Waals surface area contributed by atoms with Crippen LogP contribution in [-0.2, 0) is 10.1 Å². The van der Waals surface area contributed by atoms with Gasteiger partial charge in [0.25, 0.3) is 10.1 Å². The first-order valence-electron chi connectivity index (χ1n) is 5.56. The molecular formula is C11H13Cl2NO3S. The molecule has 0 spiro atoms. The second kappa shape index (κ2) is 5.25. The standard InChI is InChI=1S/C11H13Cl2NO3S/c12-8-5-4-7(6-9(8)13)14-10-2-1-3-11(10)18(15,16)17/h4-6,10-11,14H,1-3H2,(H,15,16,17). The number of rotatable bonds is 3. The first-order valence-corrected chi connectivity index (χ1v) is 7.82. The van der Waals surface area contributed by atoms with Crippen LogP contribution in [0.5, 0.6) is 0 Å². The Kier molecular flexibility index (Phi) is 4.06. The highest BCUT2D eigenvalue weighted by Crippen LogP contribution is 2.30. The van der Waals surface area contributed by atoms with E-state index in [9.17, 15) is 8.42 Å². The van der Waals surface area contributed by atoms with Gasteiger partial charge in [-0.15, -0.1) is 0 Å². The van der Waals surface area contributed by atoms with Crippen LogP contribution in [0.4, 0.5) is 5.69 Å². The van der Waals surface area contributed by atoms with Gasteiger partial charge in [-0.05, 0) is 37.5 Å². The Morgan fingerprint density at radius 1 is 1.22 bits per heavy atom. The van der Waals surface area contributed by atoms with Crippen molar-refractivity contribution in [1.29, 1.82) is 0 Å². The Labute approximate surface area is 116 Å². The Bertz CT molecular complexity index is 547. The van der Waals surface area contributed by atoms with Gasteiger partial charge in [-0.3, -0.25) is 4.55 Å². The fourth-order valence-electron chi connectivity index (χ4n) is 2.25. The van der Waals surface area contributed by atoms with Gasteiger partial charge in [-0.1, -0.05) is 23.2 Å². The molecule has 1 fully saturated rings. The van der Waals surface area contributed by atoms with E-state index in [1.54, 1.807) is 18.2 Å². The molecule has 4 nitrogen and oxygen atoms in total. The van der Waals surface area contributed by atoms with E-state index in [2.05, 4.69) is 5.32 Å². The summed E-state index contributed by atoms with van der Waals surface area (Å²) in [4.78, 5) is 0. The summed E-state index contributed by atoms with van der Waals surface area (Å²) < 4.78 is 31.6. The van der Waals surface area contributed by atoms with E-state index in [4.69, 9.17) is 27.8 Å². The van der Waals surface area contributed by atoms with E-state index in [1.807, 2.05) is 0 Å². The van der Waals surface area contributed by atoms with Crippen molar-refractivity contribution in [3.8, 4) is 0 Å². The highest BCUT2D eigenvalue weighted by atomic mass is 35.5. The molecule has 0 aromatic heterocycles. The zero-order valence-corrected chi connectivity index (χ0v) is 11.8. The van der Waals surface area contributed by atoms with Crippen molar-refractivity contribution in [2.24, 2.45) is 0 Å². The van der Waals surface area contributed by atoms with Crippen LogP contribution < -0.4 is 5.32 Å². The van der Waals surface area contributed by atoms with Crippen LogP contribution in [0.15, 0.2) is 18.2 Å². The van der Waals surface area contributed by atoms with Gasteiger partial charge in [-0.2, -0.15) is 8.42 Å². The predicted octanol–water partition coefficient (Wildman–Crippen LogP) is 3.21. The molecule has 1 aliphatic carbocycles. The van der Waals surface area contributed by atoms with Crippen LogP contribution in [0.1, 0.15) is 19.3 Å². The molecule has 0 radical (unpaired) electrons. The lowest BCUT2D eigenvalue weighted by Gasteiger charge is -2.20. The molecule has 0 amide bonds. The highest BCUT2D eigenvalue weighted by molar-refractivity contribution is 7.86. The zero-order valence-electron chi connectivity index (χ0n) is 9.44. The average molecular weight is 310 g/mol. The monoisotopic (exact) mass is 309 g/mol. The molecule has 7 heteroatoms. The summed E-state index contributed by atoms with van der Waals surface area (Å²) >= 11 is 11.7. The van der Waals surface area contributed by atoms with E-state index >= 15 is 0 Å². The van der Waals surface area contributed by atoms with Crippen molar-refractivity contribution in [2.45, 2.75) is 30.6 Å². The Hall–Kier alpha value is -0.490. The Morgan fingerprint density at radius 2 is 1.94 bits per heavy atom. The van der Waals surface area contributed by atoms with Crippen molar-refractivity contribution in [2.75, 3.05) is 5.32 Å². The fraction of sp³-hybridized carbons (Fsp3) is 0.455. The summed E-state index contributed by atoms with van der Waals surface area (Å²) in [5.41, 5.74) is 0.699. The maximum atomic E-state index is 11.2. The molecular weight excluding hydrogens is 297 g/mol. The lowest BCUT2D eigenvalue weighted by atomic mass is 10.2. The summed E-state index contributed by atoms with van der Waals surface area (Å²) in [6.45, 7) is 0. The second-order valence-corrected chi connectivity index (χ2v) is 6.81. The molecule has 100 valence electrons. The van der Waals surface area contributed by atoms with E-state index in [1.165, 1.54) is 0 Å². The molecule has 0 heterocycles. The van der Waals surface area contributed by atoms with E-state index in [-0.39, 0.29) is 6.04 Å². The van der Waals surface area contributed by atoms with Crippen molar-refractivity contribution in [3.63, 3.8) is 0 Å². The number of nitrogens with one attached hydrogen (secondary N) is 1. The summed E-state index contributed by atoms with van der Waals surface area (Å²) in [5, 5.41) is 3.18. The van der Waals surface area contributed by atoms with Gasteiger partial charge in [0.05, 0.1) is 10.0 Å². The normalized spacial score (nSPS) is 24.2. The molecule has 2 unspecified atom stereocenters. The number of hydrogen-bond donors (Lipinski definition) is 2. The lowest BCUT2D eigenvalue weighted by Crippen LogP contribution is -2.34. The summed E-state index contributed by atoms with van der Waals surface area (Å²) in [6.07, 6.45) is 1.94. The molecule has 1 aliphatic rings. The van der Waals surface area contributed by atoms with Gasteiger partial charge >= 0.3 is 0 Å². The van der Waals surface area contributed by atoms with Gasteiger partial charge in [-0.25, -0.2) is 0 Å². The summed E-state index contributed by atoms with van der Waals surface area (Å²) in [6, 6.07) is 4.72. The SMILES string of the molecule is O=S(=O)(O)C1CCCC1Nc1ccc(Cl)c(Cl)c1. The molecule has 1 saturated carbocycles. The van der Waals surface area contributed by atoms with Crippen LogP contribution in [0.2, 0.25) is 10.0 Å². The zero-order chi connectivity index (χ0) is 13.3. The fourth-order valence-corrected chi connectivity index (χ4v) is 3.63. The molecule has 0 bridgehead atoms. The number of hydrogen-bond acceptors (Lipinski definition) is 3. The minimum absolute atomic E-state index is 0.294. The number of anilines is 1. The maximum Gasteiger partial charge on any atom is 0.269 e. The topological polar surface area (TPSA) is 66.4 Å². The molecule has 18 heavy (non-hydrogen) atoms. The maximum absolute atomic E-state index is 11.2. The molecule has 0 saturated heterocycles. The largest absolute Gasteiger partial charge is 0.381 e. The third kappa shape index (κ3) is 3.09. The molecule has 2 atom stereocenters. The van der Waals surface area contributed by atoms with Gasteiger partial charge in [0.15, 0.2) is 0 Å². The molecule has 2 rings (SSSR count). The highest BCUT2D eigenvalue weighted by Gasteiger charge is 2.36. The van der Waals surface area contributed by atoms with Crippen LogP contribution in [-0.4, -0.2) is 24.3 Å². The summed E-state index contributed by atoms with van der Waals surface area (Å²) in [5.74, 6) is 0. The van der Waals surface area contributed by atoms with Crippen LogP contribution in [0, 0.1) is 0 Å². The first-order chi connectivity index (χ1) is 8.38. The minimum atomic E-state index is -4.01. The van der Waals surface area contributed by atoms with Crippen molar-refractivity contribution < 1.29 is 13.0 Å². The number of benzene rings is 1. The lowest BCUT2D eigenvalue weighted by molar-refractivity contribution is 0.463. The van der Waals surface area contributed by atoms with Crippen LogP contribution in [0.25, 0.3) is 0 Å². The van der Waals surface area contributed by atoms with E-state index in [0.29, 0.717) is 28.6 Å². The summed E-state index contributed by atoms with van der Waals surface area (Å²) in [7, 11) is -4.01. The second-order valence-electron chi connectivity index (χ2n) is 4.36. The van der Waals surface area contributed by atoms with Crippen molar-refractivity contribution in [3.05, 3.63) is 28.2 Å². The van der Waals surface area contributed by atoms with Gasteiger partial charge in [0.1, 0.15) is 5.25 Å². The van der Waals surface area contributed by atoms with Crippen molar-refractivity contribution in [1.82, 2.24) is 0 Å². The van der Waals surface area contributed by atoms with Gasteiger partial charge in [0, 0.05) is 11.7 Å². The van der Waals surface area contributed by atoms with E-state index in [0.717, 1.165) is 6.42 Å². The van der Waals surface area contributed by atoms with Gasteiger partial charge in [0.2, 0.25) is 0 Å². The first kappa shape index (κ1) is 13.9. The molecule has 0 aliphatic heterocycles. The third-order valence-corrected chi connectivity index (χ3v) is 5.18. The molecule has 1 aromatic rings. The number of halogens is 2. The van der Waals surface area contributed by atoms with Crippen molar-refractivity contribution >= 4 is 39.0 Å². The molecule has 2 N–H and O–H groups in total.